The molecular formula is C15H15F3N4O. The lowest BCUT2D eigenvalue weighted by molar-refractivity contribution is -0.137. The van der Waals surface area contributed by atoms with E-state index in [1.807, 2.05) is 0 Å². The summed E-state index contributed by atoms with van der Waals surface area (Å²) in [4.78, 5) is 11.9. The van der Waals surface area contributed by atoms with Crippen molar-refractivity contribution in [2.45, 2.75) is 13.1 Å². The molecule has 0 aliphatic heterocycles. The largest absolute Gasteiger partial charge is 0.417 e. The highest BCUT2D eigenvalue weighted by Crippen LogP contribution is 2.31. The van der Waals surface area contributed by atoms with Crippen molar-refractivity contribution in [3.05, 3.63) is 53.2 Å². The van der Waals surface area contributed by atoms with Gasteiger partial charge < -0.3 is 10.6 Å². The van der Waals surface area contributed by atoms with Crippen LogP contribution in [-0.4, -0.2) is 29.2 Å². The molecule has 0 spiro atoms. The molecule has 122 valence electrons. The molecule has 5 nitrogen and oxygen atoms in total. The number of carbonyl (C=O) groups is 1. The lowest BCUT2D eigenvalue weighted by Gasteiger charge is -2.12. The molecule has 0 radical (unpaired) electrons. The summed E-state index contributed by atoms with van der Waals surface area (Å²) in [5, 5.41) is 13.1. The molecule has 1 amide bonds. The van der Waals surface area contributed by atoms with Crippen molar-refractivity contribution in [2.24, 2.45) is 0 Å². The molecule has 0 fully saturated rings. The van der Waals surface area contributed by atoms with E-state index in [1.54, 1.807) is 19.1 Å². The normalized spacial score (nSPS) is 11.1. The third-order valence-corrected chi connectivity index (χ3v) is 2.99. The van der Waals surface area contributed by atoms with Gasteiger partial charge in [0.05, 0.1) is 16.8 Å². The van der Waals surface area contributed by atoms with Gasteiger partial charge in [0, 0.05) is 13.1 Å². The Kier molecular flexibility index (Phi) is 5.15. The fourth-order valence-electron chi connectivity index (χ4n) is 1.88. The van der Waals surface area contributed by atoms with E-state index in [9.17, 15) is 18.0 Å². The topological polar surface area (TPSA) is 66.9 Å². The lowest BCUT2D eigenvalue weighted by atomic mass is 10.1. The fraction of sp³-hybridized carbons (Fsp3) is 0.267. The maximum atomic E-state index is 12.8. The number of carbonyl (C=O) groups excluding carboxylic acids is 1. The van der Waals surface area contributed by atoms with Gasteiger partial charge in [-0.15, -0.1) is 5.10 Å². The van der Waals surface area contributed by atoms with Crippen molar-refractivity contribution in [2.75, 3.05) is 18.4 Å². The minimum Gasteiger partial charge on any atom is -0.367 e. The third-order valence-electron chi connectivity index (χ3n) is 2.99. The zero-order chi connectivity index (χ0) is 16.9. The number of nitrogens with one attached hydrogen (secondary N) is 2. The SMILES string of the molecule is Cc1ccc(NCCNC(=O)c2ccccc2C(F)(F)F)nn1. The first-order chi connectivity index (χ1) is 10.9. The number of aryl methyl sites for hydroxylation is 1. The third kappa shape index (κ3) is 4.67. The van der Waals surface area contributed by atoms with Crippen LogP contribution in [0.2, 0.25) is 0 Å². The van der Waals surface area contributed by atoms with E-state index in [-0.39, 0.29) is 6.54 Å². The number of nitrogens with zero attached hydrogens (tertiary/aromatic N) is 2. The maximum Gasteiger partial charge on any atom is 0.417 e. The second kappa shape index (κ2) is 7.08. The van der Waals surface area contributed by atoms with Crippen LogP contribution in [0.3, 0.4) is 0 Å². The van der Waals surface area contributed by atoms with Gasteiger partial charge >= 0.3 is 6.18 Å². The van der Waals surface area contributed by atoms with Crippen LogP contribution in [0.1, 0.15) is 21.6 Å². The zero-order valence-corrected chi connectivity index (χ0v) is 12.3. The van der Waals surface area contributed by atoms with Crippen molar-refractivity contribution < 1.29 is 18.0 Å². The van der Waals surface area contributed by atoms with Crippen LogP contribution in [0.4, 0.5) is 19.0 Å². The average molecular weight is 324 g/mol. The Hall–Kier alpha value is -2.64. The Bertz CT molecular complexity index is 671. The van der Waals surface area contributed by atoms with E-state index in [4.69, 9.17) is 0 Å². The molecule has 0 saturated carbocycles. The Labute approximate surface area is 130 Å². The first-order valence-electron chi connectivity index (χ1n) is 6.86. The number of hydrogen-bond donors (Lipinski definition) is 2. The van der Waals surface area contributed by atoms with Crippen LogP contribution in [0, 0.1) is 6.92 Å². The van der Waals surface area contributed by atoms with Crippen molar-refractivity contribution in [3.8, 4) is 0 Å². The van der Waals surface area contributed by atoms with Crippen LogP contribution in [0.25, 0.3) is 0 Å². The quantitative estimate of drug-likeness (QED) is 0.830. The number of aromatic nitrogens is 2. The summed E-state index contributed by atoms with van der Waals surface area (Å²) in [6.45, 7) is 2.27. The van der Waals surface area contributed by atoms with Crippen molar-refractivity contribution >= 4 is 11.7 Å². The van der Waals surface area contributed by atoms with Crippen molar-refractivity contribution in [1.29, 1.82) is 0 Å². The number of alkyl halides is 3. The minimum absolute atomic E-state index is 0.153. The van der Waals surface area contributed by atoms with Gasteiger partial charge in [0.1, 0.15) is 5.82 Å². The van der Waals surface area contributed by atoms with Crippen LogP contribution < -0.4 is 10.6 Å². The molecule has 0 atom stereocenters. The van der Waals surface area contributed by atoms with Crippen LogP contribution in [0.15, 0.2) is 36.4 Å². The molecule has 1 aromatic carbocycles. The first-order valence-corrected chi connectivity index (χ1v) is 6.86. The smallest absolute Gasteiger partial charge is 0.367 e. The Morgan fingerprint density at radius 2 is 1.83 bits per heavy atom. The lowest BCUT2D eigenvalue weighted by Crippen LogP contribution is -2.30. The summed E-state index contributed by atoms with van der Waals surface area (Å²) in [7, 11) is 0. The summed E-state index contributed by atoms with van der Waals surface area (Å²) in [6, 6.07) is 8.17. The minimum atomic E-state index is -4.57. The van der Waals surface area contributed by atoms with Gasteiger partial charge in [0.15, 0.2) is 0 Å². The van der Waals surface area contributed by atoms with E-state index >= 15 is 0 Å². The van der Waals surface area contributed by atoms with Gasteiger partial charge in [-0.3, -0.25) is 4.79 Å². The number of benzene rings is 1. The molecule has 23 heavy (non-hydrogen) atoms. The number of anilines is 1. The summed E-state index contributed by atoms with van der Waals surface area (Å²) in [5.74, 6) is -0.241. The van der Waals surface area contributed by atoms with Crippen molar-refractivity contribution in [3.63, 3.8) is 0 Å². The van der Waals surface area contributed by atoms with E-state index in [0.717, 1.165) is 17.8 Å². The molecule has 0 saturated heterocycles. The number of amides is 1. The Morgan fingerprint density at radius 1 is 1.09 bits per heavy atom. The summed E-state index contributed by atoms with van der Waals surface area (Å²) in [6.07, 6.45) is -4.57. The zero-order valence-electron chi connectivity index (χ0n) is 12.3. The summed E-state index contributed by atoms with van der Waals surface area (Å²) >= 11 is 0. The van der Waals surface area contributed by atoms with E-state index < -0.39 is 23.2 Å². The van der Waals surface area contributed by atoms with Gasteiger partial charge in [-0.25, -0.2) is 0 Å². The standard InChI is InChI=1S/C15H15F3N4O/c1-10-6-7-13(22-21-10)19-8-9-20-14(23)11-4-2-3-5-12(11)15(16,17)18/h2-7H,8-9H2,1H3,(H,19,22)(H,20,23). The van der Waals surface area contributed by atoms with E-state index in [1.165, 1.54) is 12.1 Å². The van der Waals surface area contributed by atoms with Gasteiger partial charge in [-0.05, 0) is 31.2 Å². The molecular weight excluding hydrogens is 309 g/mol. The van der Waals surface area contributed by atoms with Crippen LogP contribution in [0.5, 0.6) is 0 Å². The maximum absolute atomic E-state index is 12.8. The van der Waals surface area contributed by atoms with Gasteiger partial charge in [0.25, 0.3) is 5.91 Å². The molecule has 1 heterocycles. The average Bonchev–Trinajstić information content (AvgIpc) is 2.52. The van der Waals surface area contributed by atoms with E-state index in [2.05, 4.69) is 20.8 Å². The Morgan fingerprint density at radius 3 is 2.48 bits per heavy atom. The second-order valence-electron chi connectivity index (χ2n) is 4.79. The fourth-order valence-corrected chi connectivity index (χ4v) is 1.88. The van der Waals surface area contributed by atoms with Gasteiger partial charge in [0.2, 0.25) is 0 Å². The molecule has 2 aromatic rings. The van der Waals surface area contributed by atoms with Gasteiger partial charge in [-0.1, -0.05) is 12.1 Å². The molecule has 2 N–H and O–H groups in total. The highest BCUT2D eigenvalue weighted by molar-refractivity contribution is 5.95. The van der Waals surface area contributed by atoms with Crippen LogP contribution in [-0.2, 0) is 6.18 Å². The number of halogens is 3. The summed E-state index contributed by atoms with van der Waals surface area (Å²) in [5.41, 5.74) is -0.572. The molecule has 0 aliphatic rings. The summed E-state index contributed by atoms with van der Waals surface area (Å²) < 4.78 is 38.5. The molecule has 1 aromatic heterocycles. The number of hydrogen-bond acceptors (Lipinski definition) is 4. The highest BCUT2D eigenvalue weighted by Gasteiger charge is 2.34. The monoisotopic (exact) mass is 324 g/mol. The Balaban J connectivity index is 1.89. The highest BCUT2D eigenvalue weighted by atomic mass is 19.4. The number of rotatable bonds is 5. The van der Waals surface area contributed by atoms with Crippen molar-refractivity contribution in [1.82, 2.24) is 15.5 Å². The molecule has 0 bridgehead atoms. The molecule has 8 heteroatoms. The molecule has 2 rings (SSSR count). The van der Waals surface area contributed by atoms with Gasteiger partial charge in [-0.2, -0.15) is 18.3 Å². The predicted octanol–water partition coefficient (Wildman–Crippen LogP) is 2.65. The molecule has 0 aliphatic carbocycles. The van der Waals surface area contributed by atoms with E-state index in [0.29, 0.717) is 12.4 Å². The van der Waals surface area contributed by atoms with Crippen LogP contribution >= 0.6 is 0 Å². The predicted molar refractivity (Wildman–Crippen MR) is 79.0 cm³/mol. The first kappa shape index (κ1) is 16.7. The molecule has 0 unspecified atom stereocenters. The second-order valence-corrected chi connectivity index (χ2v) is 4.79.